The van der Waals surface area contributed by atoms with Crippen LogP contribution in [-0.2, 0) is 0 Å². The molecule has 2 rings (SSSR count). The van der Waals surface area contributed by atoms with Crippen molar-refractivity contribution in [3.63, 3.8) is 0 Å². The van der Waals surface area contributed by atoms with Crippen LogP contribution in [0.1, 0.15) is 24.0 Å². The van der Waals surface area contributed by atoms with Crippen molar-refractivity contribution < 1.29 is 0 Å². The second-order valence-electron chi connectivity index (χ2n) is 4.72. The van der Waals surface area contributed by atoms with E-state index in [1.54, 1.807) is 0 Å². The minimum atomic E-state index is 0.737. The third-order valence-electron chi connectivity index (χ3n) is 3.30. The van der Waals surface area contributed by atoms with Crippen molar-refractivity contribution in [3.05, 3.63) is 35.4 Å². The lowest BCUT2D eigenvalue weighted by atomic mass is 9.90. The Hall–Kier alpha value is -0.820. The summed E-state index contributed by atoms with van der Waals surface area (Å²) in [5.74, 6) is 1.53. The van der Waals surface area contributed by atoms with Gasteiger partial charge in [0.2, 0.25) is 0 Å². The fraction of sp³-hybridized carbons (Fsp3) is 0.538. The molecule has 0 radical (unpaired) electrons. The van der Waals surface area contributed by atoms with Gasteiger partial charge < -0.3 is 4.90 Å². The van der Waals surface area contributed by atoms with Gasteiger partial charge >= 0.3 is 0 Å². The summed E-state index contributed by atoms with van der Waals surface area (Å²) in [6, 6.07) is 9.02. The number of nitrogens with zero attached hydrogens (tertiary/aromatic N) is 1. The maximum Gasteiger partial charge on any atom is 0.00504 e. The first-order valence-electron chi connectivity index (χ1n) is 5.42. The van der Waals surface area contributed by atoms with Crippen LogP contribution in [-0.4, -0.2) is 25.0 Å². The highest BCUT2D eigenvalue weighted by molar-refractivity contribution is 5.26. The normalized spacial score (nSPS) is 28.2. The van der Waals surface area contributed by atoms with Crippen molar-refractivity contribution in [3.8, 4) is 0 Å². The van der Waals surface area contributed by atoms with E-state index in [1.165, 1.54) is 24.2 Å². The number of aryl methyl sites for hydroxylation is 1. The molecule has 1 heteroatoms. The van der Waals surface area contributed by atoms with Gasteiger partial charge in [0.25, 0.3) is 0 Å². The van der Waals surface area contributed by atoms with E-state index >= 15 is 0 Å². The summed E-state index contributed by atoms with van der Waals surface area (Å²) < 4.78 is 0. The van der Waals surface area contributed by atoms with Gasteiger partial charge in [-0.2, -0.15) is 0 Å². The lowest BCUT2D eigenvalue weighted by Gasteiger charge is -2.14. The van der Waals surface area contributed by atoms with Crippen molar-refractivity contribution in [2.75, 3.05) is 20.1 Å². The van der Waals surface area contributed by atoms with Gasteiger partial charge in [-0.05, 0) is 25.5 Å². The SMILES string of the molecule is Cc1ccc([C@@H]2CN(C)C[C@H]2C)cc1. The van der Waals surface area contributed by atoms with E-state index in [-0.39, 0.29) is 0 Å². The van der Waals surface area contributed by atoms with Crippen molar-refractivity contribution in [2.45, 2.75) is 19.8 Å². The fourth-order valence-electron chi connectivity index (χ4n) is 2.46. The second-order valence-corrected chi connectivity index (χ2v) is 4.72. The van der Waals surface area contributed by atoms with Crippen LogP contribution in [0.4, 0.5) is 0 Å². The third-order valence-corrected chi connectivity index (χ3v) is 3.30. The van der Waals surface area contributed by atoms with Gasteiger partial charge in [0.15, 0.2) is 0 Å². The van der Waals surface area contributed by atoms with Crippen LogP contribution in [0, 0.1) is 12.8 Å². The number of hydrogen-bond acceptors (Lipinski definition) is 1. The maximum atomic E-state index is 2.43. The molecule has 1 saturated heterocycles. The molecular weight excluding hydrogens is 170 g/mol. The predicted molar refractivity (Wildman–Crippen MR) is 60.6 cm³/mol. The van der Waals surface area contributed by atoms with Crippen molar-refractivity contribution in [2.24, 2.45) is 5.92 Å². The minimum absolute atomic E-state index is 0.737. The topological polar surface area (TPSA) is 3.24 Å². The molecule has 14 heavy (non-hydrogen) atoms. The first kappa shape index (κ1) is 9.72. The van der Waals surface area contributed by atoms with E-state index in [4.69, 9.17) is 0 Å². The Bertz CT molecular complexity index is 302. The van der Waals surface area contributed by atoms with Crippen molar-refractivity contribution in [1.82, 2.24) is 4.90 Å². The Morgan fingerprint density at radius 2 is 1.79 bits per heavy atom. The number of likely N-dealkylation sites (tertiary alicyclic amines) is 1. The zero-order valence-corrected chi connectivity index (χ0v) is 9.33. The van der Waals surface area contributed by atoms with Gasteiger partial charge in [0.1, 0.15) is 0 Å². The van der Waals surface area contributed by atoms with Gasteiger partial charge in [-0.15, -0.1) is 0 Å². The molecule has 0 N–H and O–H groups in total. The van der Waals surface area contributed by atoms with E-state index in [0.717, 1.165) is 11.8 Å². The second kappa shape index (κ2) is 3.74. The number of hydrogen-bond donors (Lipinski definition) is 0. The van der Waals surface area contributed by atoms with Gasteiger partial charge in [-0.1, -0.05) is 36.8 Å². The summed E-state index contributed by atoms with van der Waals surface area (Å²) >= 11 is 0. The highest BCUT2D eigenvalue weighted by Crippen LogP contribution is 2.31. The molecule has 0 saturated carbocycles. The summed E-state index contributed by atoms with van der Waals surface area (Å²) in [4.78, 5) is 2.43. The highest BCUT2D eigenvalue weighted by Gasteiger charge is 2.28. The summed E-state index contributed by atoms with van der Waals surface area (Å²) in [5, 5.41) is 0. The molecular formula is C13H19N. The zero-order valence-electron chi connectivity index (χ0n) is 9.33. The Labute approximate surface area is 86.7 Å². The molecule has 1 nitrogen and oxygen atoms in total. The van der Waals surface area contributed by atoms with E-state index < -0.39 is 0 Å². The standard InChI is InChI=1S/C13H19N/c1-10-4-6-12(7-5-10)13-9-14(3)8-11(13)2/h4-7,11,13H,8-9H2,1-3H3/t11-,13-/m1/s1. The average Bonchev–Trinajstić information content (AvgIpc) is 2.47. The Balaban J connectivity index is 2.19. The molecule has 76 valence electrons. The molecule has 0 spiro atoms. The van der Waals surface area contributed by atoms with Crippen LogP contribution >= 0.6 is 0 Å². The van der Waals surface area contributed by atoms with Crippen LogP contribution in [0.3, 0.4) is 0 Å². The third kappa shape index (κ3) is 1.83. The fourth-order valence-corrected chi connectivity index (χ4v) is 2.46. The van der Waals surface area contributed by atoms with E-state index in [9.17, 15) is 0 Å². The molecule has 1 aliphatic rings. The molecule has 0 unspecified atom stereocenters. The molecule has 0 amide bonds. The molecule has 0 bridgehead atoms. The quantitative estimate of drug-likeness (QED) is 0.656. The van der Waals surface area contributed by atoms with Crippen LogP contribution in [0.25, 0.3) is 0 Å². The van der Waals surface area contributed by atoms with Crippen molar-refractivity contribution in [1.29, 1.82) is 0 Å². The summed E-state index contributed by atoms with van der Waals surface area (Å²) in [7, 11) is 2.21. The first-order valence-corrected chi connectivity index (χ1v) is 5.42. The largest absolute Gasteiger partial charge is 0.305 e. The maximum absolute atomic E-state index is 2.43. The minimum Gasteiger partial charge on any atom is -0.305 e. The molecule has 1 aromatic carbocycles. The molecule has 0 aromatic heterocycles. The van der Waals surface area contributed by atoms with Gasteiger partial charge in [0.05, 0.1) is 0 Å². The van der Waals surface area contributed by atoms with Gasteiger partial charge in [-0.3, -0.25) is 0 Å². The monoisotopic (exact) mass is 189 g/mol. The van der Waals surface area contributed by atoms with Crippen LogP contribution in [0.2, 0.25) is 0 Å². The van der Waals surface area contributed by atoms with Crippen molar-refractivity contribution >= 4 is 0 Å². The molecule has 1 aliphatic heterocycles. The molecule has 1 fully saturated rings. The molecule has 1 aromatic rings. The van der Waals surface area contributed by atoms with Gasteiger partial charge in [0, 0.05) is 19.0 Å². The highest BCUT2D eigenvalue weighted by atomic mass is 15.1. The summed E-state index contributed by atoms with van der Waals surface area (Å²) in [6.07, 6.45) is 0. The molecule has 1 heterocycles. The van der Waals surface area contributed by atoms with Crippen LogP contribution in [0.15, 0.2) is 24.3 Å². The smallest absolute Gasteiger partial charge is 0.00504 e. The predicted octanol–water partition coefficient (Wildman–Crippen LogP) is 2.66. The number of benzene rings is 1. The lowest BCUT2D eigenvalue weighted by Crippen LogP contribution is -2.13. The zero-order chi connectivity index (χ0) is 10.1. The van der Waals surface area contributed by atoms with E-state index in [2.05, 4.69) is 50.1 Å². The van der Waals surface area contributed by atoms with E-state index in [1.807, 2.05) is 0 Å². The molecule has 0 aliphatic carbocycles. The summed E-state index contributed by atoms with van der Waals surface area (Å²) in [6.45, 7) is 6.95. The summed E-state index contributed by atoms with van der Waals surface area (Å²) in [5.41, 5.74) is 2.86. The molecule has 2 atom stereocenters. The van der Waals surface area contributed by atoms with E-state index in [0.29, 0.717) is 0 Å². The average molecular weight is 189 g/mol. The number of rotatable bonds is 1. The first-order chi connectivity index (χ1) is 6.66. The van der Waals surface area contributed by atoms with Crippen LogP contribution < -0.4 is 0 Å². The lowest BCUT2D eigenvalue weighted by molar-refractivity contribution is 0.401. The van der Waals surface area contributed by atoms with Gasteiger partial charge in [-0.25, -0.2) is 0 Å². The Morgan fingerprint density at radius 1 is 1.14 bits per heavy atom. The Morgan fingerprint density at radius 3 is 2.29 bits per heavy atom. The van der Waals surface area contributed by atoms with Crippen LogP contribution in [0.5, 0.6) is 0 Å². The Kier molecular flexibility index (Phi) is 2.60. The number of likely N-dealkylation sites (N-methyl/N-ethyl adjacent to an activating group) is 1.